The van der Waals surface area contributed by atoms with Crippen LogP contribution in [-0.2, 0) is 32.1 Å². The van der Waals surface area contributed by atoms with E-state index in [4.69, 9.17) is 26.1 Å². The average Bonchev–Trinajstić information content (AvgIpc) is 3.47. The normalized spacial score (nSPS) is 20.3. The second-order valence-electron chi connectivity index (χ2n) is 11.2. The summed E-state index contributed by atoms with van der Waals surface area (Å²) in [6, 6.07) is 6.35. The summed E-state index contributed by atoms with van der Waals surface area (Å²) in [6.45, 7) is 9.24. The van der Waals surface area contributed by atoms with Crippen LogP contribution in [0.5, 0.6) is 0 Å². The van der Waals surface area contributed by atoms with Crippen LogP contribution in [0.15, 0.2) is 24.3 Å². The molecule has 1 aromatic carbocycles. The SMILES string of the molecule is Cc1sc(C2CCN(C(=O)OC(C)(C)C)CC2)nc1CC(=O)N1C[C@H](OCc2ccc(Cl)cc2)C[C@H]1C(=O)O. The Morgan fingerprint density at radius 3 is 2.44 bits per heavy atom. The van der Waals surface area contributed by atoms with Gasteiger partial charge >= 0.3 is 12.1 Å². The number of hydrogen-bond acceptors (Lipinski definition) is 7. The molecule has 0 spiro atoms. The third-order valence-corrected chi connectivity index (χ3v) is 8.42. The summed E-state index contributed by atoms with van der Waals surface area (Å²) in [5.74, 6) is -1.09. The Hall–Kier alpha value is -2.69. The largest absolute Gasteiger partial charge is 0.480 e. The van der Waals surface area contributed by atoms with Crippen molar-refractivity contribution >= 4 is 40.9 Å². The third-order valence-electron chi connectivity index (χ3n) is 6.99. The Kier molecular flexibility index (Phi) is 9.18. The molecule has 2 aliphatic rings. The van der Waals surface area contributed by atoms with E-state index in [1.807, 2.05) is 39.8 Å². The van der Waals surface area contributed by atoms with E-state index in [0.29, 0.717) is 30.4 Å². The lowest BCUT2D eigenvalue weighted by molar-refractivity contribution is -0.148. The third kappa shape index (κ3) is 7.70. The molecule has 0 aliphatic carbocycles. The van der Waals surface area contributed by atoms with E-state index in [0.717, 1.165) is 28.3 Å². The Morgan fingerprint density at radius 2 is 1.82 bits per heavy atom. The molecule has 2 fully saturated rings. The zero-order chi connectivity index (χ0) is 28.3. The second-order valence-corrected chi connectivity index (χ2v) is 12.8. The minimum Gasteiger partial charge on any atom is -0.480 e. The molecular weight excluding hydrogens is 542 g/mol. The predicted octanol–water partition coefficient (Wildman–Crippen LogP) is 5.03. The molecule has 0 radical (unpaired) electrons. The number of likely N-dealkylation sites (tertiary alicyclic amines) is 2. The van der Waals surface area contributed by atoms with Gasteiger partial charge in [-0.25, -0.2) is 14.6 Å². The number of carbonyl (C=O) groups is 3. The second kappa shape index (κ2) is 12.2. The van der Waals surface area contributed by atoms with E-state index >= 15 is 0 Å². The van der Waals surface area contributed by atoms with Crippen molar-refractivity contribution in [2.75, 3.05) is 19.6 Å². The van der Waals surface area contributed by atoms with Crippen molar-refractivity contribution in [3.63, 3.8) is 0 Å². The fourth-order valence-electron chi connectivity index (χ4n) is 4.89. The molecule has 0 unspecified atom stereocenters. The fraction of sp³-hybridized carbons (Fsp3) is 0.571. The molecule has 2 aliphatic heterocycles. The minimum atomic E-state index is -1.03. The number of halogens is 1. The van der Waals surface area contributed by atoms with E-state index in [-0.39, 0.29) is 43.4 Å². The highest BCUT2D eigenvalue weighted by atomic mass is 35.5. The zero-order valence-electron chi connectivity index (χ0n) is 22.8. The topological polar surface area (TPSA) is 109 Å². The van der Waals surface area contributed by atoms with Crippen molar-refractivity contribution in [2.45, 2.75) is 83.6 Å². The molecule has 0 saturated carbocycles. The van der Waals surface area contributed by atoms with Crippen molar-refractivity contribution < 1.29 is 29.0 Å². The first-order valence-electron chi connectivity index (χ1n) is 13.2. The summed E-state index contributed by atoms with van der Waals surface area (Å²) < 4.78 is 11.4. The lowest BCUT2D eigenvalue weighted by atomic mass is 9.98. The van der Waals surface area contributed by atoms with Crippen LogP contribution in [0.1, 0.15) is 67.1 Å². The van der Waals surface area contributed by atoms with Crippen LogP contribution in [-0.4, -0.2) is 75.2 Å². The number of carboxylic acids is 1. The van der Waals surface area contributed by atoms with E-state index in [2.05, 4.69) is 0 Å². The van der Waals surface area contributed by atoms with Gasteiger partial charge in [-0.1, -0.05) is 23.7 Å². The van der Waals surface area contributed by atoms with Gasteiger partial charge in [0.15, 0.2) is 0 Å². The van der Waals surface area contributed by atoms with Gasteiger partial charge in [-0.15, -0.1) is 11.3 Å². The van der Waals surface area contributed by atoms with Gasteiger partial charge in [0.1, 0.15) is 11.6 Å². The zero-order valence-corrected chi connectivity index (χ0v) is 24.4. The number of aromatic nitrogens is 1. The quantitative estimate of drug-likeness (QED) is 0.491. The van der Waals surface area contributed by atoms with Gasteiger partial charge in [0.25, 0.3) is 0 Å². The van der Waals surface area contributed by atoms with Gasteiger partial charge in [-0.2, -0.15) is 0 Å². The number of carboxylic acid groups (broad SMARTS) is 1. The molecule has 2 saturated heterocycles. The van der Waals surface area contributed by atoms with Crippen LogP contribution in [0.3, 0.4) is 0 Å². The lowest BCUT2D eigenvalue weighted by Gasteiger charge is -2.32. The van der Waals surface area contributed by atoms with Crippen LogP contribution in [0, 0.1) is 6.92 Å². The van der Waals surface area contributed by atoms with E-state index in [1.54, 1.807) is 28.4 Å². The summed E-state index contributed by atoms with van der Waals surface area (Å²) in [4.78, 5) is 46.5. The van der Waals surface area contributed by atoms with Gasteiger partial charge < -0.3 is 24.4 Å². The first-order valence-corrected chi connectivity index (χ1v) is 14.4. The number of piperidine rings is 1. The Labute approximate surface area is 238 Å². The van der Waals surface area contributed by atoms with Crippen LogP contribution in [0.2, 0.25) is 5.02 Å². The molecule has 3 heterocycles. The van der Waals surface area contributed by atoms with Gasteiger partial charge in [-0.05, 0) is 58.2 Å². The number of ether oxygens (including phenoxy) is 2. The summed E-state index contributed by atoms with van der Waals surface area (Å²) in [7, 11) is 0. The number of rotatable bonds is 7. The number of benzene rings is 1. The Morgan fingerprint density at radius 1 is 1.15 bits per heavy atom. The Balaban J connectivity index is 1.33. The molecule has 2 aromatic rings. The van der Waals surface area contributed by atoms with Crippen molar-refractivity contribution in [2.24, 2.45) is 0 Å². The first kappa shape index (κ1) is 29.3. The van der Waals surface area contributed by atoms with Crippen molar-refractivity contribution in [3.8, 4) is 0 Å². The fourth-order valence-corrected chi connectivity index (χ4v) is 6.13. The van der Waals surface area contributed by atoms with E-state index in [1.165, 1.54) is 4.90 Å². The van der Waals surface area contributed by atoms with Crippen LogP contribution < -0.4 is 0 Å². The Bertz CT molecular complexity index is 1190. The maximum atomic E-state index is 13.3. The molecule has 11 heteroatoms. The highest BCUT2D eigenvalue weighted by Crippen LogP contribution is 2.33. The number of amides is 2. The highest BCUT2D eigenvalue weighted by Gasteiger charge is 2.40. The molecule has 4 rings (SSSR count). The maximum absolute atomic E-state index is 13.3. The molecule has 2 amide bonds. The number of thiazole rings is 1. The standard InChI is InChI=1S/C28H36ClN3O6S/c1-17-22(30-25(39-17)19-9-11-31(12-10-19)27(36)38-28(2,3)4)14-24(33)32-15-21(13-23(32)26(34)35)37-16-18-5-7-20(29)8-6-18/h5-8,19,21,23H,9-16H2,1-4H3,(H,34,35)/t21-,23+/m1/s1. The van der Waals surface area contributed by atoms with Gasteiger partial charge in [-0.3, -0.25) is 4.79 Å². The summed E-state index contributed by atoms with van der Waals surface area (Å²) in [5, 5.41) is 11.4. The number of nitrogens with zero attached hydrogens (tertiary/aromatic N) is 3. The van der Waals surface area contributed by atoms with E-state index in [9.17, 15) is 19.5 Å². The number of hydrogen-bond donors (Lipinski definition) is 1. The minimum absolute atomic E-state index is 0.0484. The molecule has 9 nitrogen and oxygen atoms in total. The molecule has 0 bridgehead atoms. The molecule has 2 atom stereocenters. The number of aryl methyl sites for hydroxylation is 1. The molecular formula is C28H36ClN3O6S. The monoisotopic (exact) mass is 577 g/mol. The van der Waals surface area contributed by atoms with Crippen molar-refractivity contribution in [1.82, 2.24) is 14.8 Å². The predicted molar refractivity (Wildman–Crippen MR) is 148 cm³/mol. The number of aliphatic carboxylic acids is 1. The highest BCUT2D eigenvalue weighted by molar-refractivity contribution is 7.11. The van der Waals surface area contributed by atoms with Gasteiger partial charge in [0.2, 0.25) is 5.91 Å². The average molecular weight is 578 g/mol. The summed E-state index contributed by atoms with van der Waals surface area (Å²) in [5.41, 5.74) is 1.09. The van der Waals surface area contributed by atoms with Gasteiger partial charge in [0, 0.05) is 41.9 Å². The molecule has 1 aromatic heterocycles. The van der Waals surface area contributed by atoms with E-state index < -0.39 is 17.6 Å². The maximum Gasteiger partial charge on any atom is 0.410 e. The smallest absolute Gasteiger partial charge is 0.410 e. The van der Waals surface area contributed by atoms with Crippen LogP contribution in [0.25, 0.3) is 0 Å². The molecule has 1 N–H and O–H groups in total. The number of carbonyl (C=O) groups excluding carboxylic acids is 2. The summed E-state index contributed by atoms with van der Waals surface area (Å²) in [6.07, 6.45) is 1.18. The molecule has 39 heavy (non-hydrogen) atoms. The van der Waals surface area contributed by atoms with Crippen molar-refractivity contribution in [3.05, 3.63) is 50.4 Å². The van der Waals surface area contributed by atoms with Gasteiger partial charge in [0.05, 0.1) is 29.8 Å². The lowest BCUT2D eigenvalue weighted by Crippen LogP contribution is -2.41. The first-order chi connectivity index (χ1) is 18.4. The van der Waals surface area contributed by atoms with Crippen LogP contribution in [0.4, 0.5) is 4.79 Å². The van der Waals surface area contributed by atoms with Crippen molar-refractivity contribution in [1.29, 1.82) is 0 Å². The summed E-state index contributed by atoms with van der Waals surface area (Å²) >= 11 is 7.51. The van der Waals surface area contributed by atoms with Crippen LogP contribution >= 0.6 is 22.9 Å². The molecule has 212 valence electrons.